The number of aliphatic hydroxyl groups is 2. The standard InChI is InChI=1S/C9H14BrN3O11P2/c10-3-1-13(9(16)12-7(3)11)8-6(15)5(14)4(23-8)2-22-26(20,21)24-25(17,18)19/h1,4-6,8,14-15H,2H2,(H,20,21)(H2,11,12,16)(H2,17,18,19)/t4-,5-,6-,8-/m1/s1. The Balaban J connectivity index is 2.13. The molecule has 0 aromatic carbocycles. The molecule has 5 atom stereocenters. The van der Waals surface area contributed by atoms with Crippen molar-refractivity contribution in [1.82, 2.24) is 9.55 Å². The lowest BCUT2D eigenvalue weighted by atomic mass is 10.1. The van der Waals surface area contributed by atoms with Crippen LogP contribution in [0.2, 0.25) is 0 Å². The Morgan fingerprint density at radius 3 is 2.50 bits per heavy atom. The summed E-state index contributed by atoms with van der Waals surface area (Å²) in [4.78, 5) is 41.5. The third-order valence-electron chi connectivity index (χ3n) is 3.16. The van der Waals surface area contributed by atoms with Gasteiger partial charge in [-0.05, 0) is 15.9 Å². The number of aromatic nitrogens is 2. The predicted molar refractivity (Wildman–Crippen MR) is 85.4 cm³/mol. The molecule has 14 nitrogen and oxygen atoms in total. The van der Waals surface area contributed by atoms with Gasteiger partial charge in [0, 0.05) is 6.20 Å². The Labute approximate surface area is 153 Å². The summed E-state index contributed by atoms with van der Waals surface area (Å²) in [5.41, 5.74) is 4.54. The van der Waals surface area contributed by atoms with Gasteiger partial charge in [0.15, 0.2) is 6.23 Å². The van der Waals surface area contributed by atoms with E-state index < -0.39 is 52.5 Å². The molecule has 1 aliphatic rings. The van der Waals surface area contributed by atoms with Crippen molar-refractivity contribution >= 4 is 37.4 Å². The van der Waals surface area contributed by atoms with Gasteiger partial charge < -0.3 is 35.4 Å². The number of nitrogens with two attached hydrogens (primary N) is 1. The first-order valence-corrected chi connectivity index (χ1v) is 10.4. The first-order valence-electron chi connectivity index (χ1n) is 6.61. The molecule has 1 aromatic heterocycles. The molecule has 1 aliphatic heterocycles. The molecule has 17 heteroatoms. The maximum Gasteiger partial charge on any atom is 0.481 e. The molecule has 0 bridgehead atoms. The van der Waals surface area contributed by atoms with Crippen molar-refractivity contribution in [3.8, 4) is 0 Å². The van der Waals surface area contributed by atoms with Crippen molar-refractivity contribution in [2.45, 2.75) is 24.5 Å². The van der Waals surface area contributed by atoms with Crippen LogP contribution in [0.1, 0.15) is 6.23 Å². The molecule has 26 heavy (non-hydrogen) atoms. The summed E-state index contributed by atoms with van der Waals surface area (Å²) in [6, 6.07) is 0. The highest BCUT2D eigenvalue weighted by atomic mass is 79.9. The average Bonchev–Trinajstić information content (AvgIpc) is 2.75. The van der Waals surface area contributed by atoms with E-state index in [4.69, 9.17) is 20.3 Å². The van der Waals surface area contributed by atoms with Crippen LogP contribution in [0, 0.1) is 0 Å². The van der Waals surface area contributed by atoms with Crippen molar-refractivity contribution < 1.29 is 47.6 Å². The fourth-order valence-electron chi connectivity index (χ4n) is 2.06. The Hall–Kier alpha value is -0.700. The van der Waals surface area contributed by atoms with Gasteiger partial charge in [-0.1, -0.05) is 0 Å². The lowest BCUT2D eigenvalue weighted by molar-refractivity contribution is -0.0542. The first-order chi connectivity index (χ1) is 11.8. The Bertz CT molecular complexity index is 828. The van der Waals surface area contributed by atoms with Gasteiger partial charge in [0.05, 0.1) is 11.1 Å². The molecular formula is C9H14BrN3O11P2. The second-order valence-electron chi connectivity index (χ2n) is 5.05. The number of ether oxygens (including phenoxy) is 1. The molecule has 2 rings (SSSR count). The van der Waals surface area contributed by atoms with Crippen molar-refractivity contribution in [3.05, 3.63) is 21.2 Å². The van der Waals surface area contributed by atoms with Crippen LogP contribution in [-0.4, -0.2) is 59.4 Å². The molecule has 0 aliphatic carbocycles. The number of anilines is 1. The Morgan fingerprint density at radius 1 is 1.31 bits per heavy atom. The van der Waals surface area contributed by atoms with Crippen LogP contribution in [-0.2, 0) is 22.7 Å². The minimum absolute atomic E-state index is 0.116. The summed E-state index contributed by atoms with van der Waals surface area (Å²) in [6.07, 6.45) is -5.03. The Morgan fingerprint density at radius 2 is 1.92 bits per heavy atom. The quantitative estimate of drug-likeness (QED) is 0.253. The molecule has 1 aromatic rings. The topological polar surface area (TPSA) is 224 Å². The Kier molecular flexibility index (Phi) is 6.42. The van der Waals surface area contributed by atoms with Crippen LogP contribution in [0.4, 0.5) is 5.82 Å². The van der Waals surface area contributed by atoms with E-state index in [1.54, 1.807) is 0 Å². The SMILES string of the molecule is Nc1nc(=O)n([C@@H]2O[C@H](COP(=O)(O)OP(=O)(O)O)[C@@H](O)[C@H]2O)cc1Br. The molecule has 0 spiro atoms. The van der Waals surface area contributed by atoms with Crippen molar-refractivity contribution in [2.24, 2.45) is 0 Å². The second kappa shape index (κ2) is 7.73. The molecule has 0 radical (unpaired) electrons. The molecule has 0 saturated carbocycles. The van der Waals surface area contributed by atoms with Crippen molar-refractivity contribution in [1.29, 1.82) is 0 Å². The molecule has 7 N–H and O–H groups in total. The van der Waals surface area contributed by atoms with Crippen LogP contribution in [0.15, 0.2) is 15.5 Å². The molecule has 1 fully saturated rings. The van der Waals surface area contributed by atoms with Gasteiger partial charge in [-0.15, -0.1) is 0 Å². The van der Waals surface area contributed by atoms with E-state index in [9.17, 15) is 29.0 Å². The number of halogens is 1. The summed E-state index contributed by atoms with van der Waals surface area (Å²) in [5.74, 6) is -0.116. The number of phosphoric acid groups is 2. The van der Waals surface area contributed by atoms with Crippen LogP contribution in [0.25, 0.3) is 0 Å². The number of aliphatic hydroxyl groups excluding tert-OH is 2. The molecule has 0 amide bonds. The molecular weight excluding hydrogens is 468 g/mol. The zero-order valence-electron chi connectivity index (χ0n) is 12.5. The van der Waals surface area contributed by atoms with Gasteiger partial charge in [-0.2, -0.15) is 9.29 Å². The lowest BCUT2D eigenvalue weighted by Crippen LogP contribution is -2.36. The number of hydrogen-bond acceptors (Lipinski definition) is 10. The highest BCUT2D eigenvalue weighted by Gasteiger charge is 2.45. The van der Waals surface area contributed by atoms with Crippen LogP contribution in [0.3, 0.4) is 0 Å². The number of phosphoric ester groups is 1. The van der Waals surface area contributed by atoms with Crippen LogP contribution >= 0.6 is 31.6 Å². The summed E-state index contributed by atoms with van der Waals surface area (Å²) in [6.45, 7) is -0.888. The maximum absolute atomic E-state index is 11.9. The smallest absolute Gasteiger partial charge is 0.387 e. The average molecular weight is 482 g/mol. The van der Waals surface area contributed by atoms with Gasteiger partial charge in [0.2, 0.25) is 0 Å². The van der Waals surface area contributed by atoms with Gasteiger partial charge in [0.25, 0.3) is 0 Å². The summed E-state index contributed by atoms with van der Waals surface area (Å²) < 4.78 is 36.1. The van der Waals surface area contributed by atoms with Gasteiger partial charge in [0.1, 0.15) is 24.1 Å². The van der Waals surface area contributed by atoms with E-state index in [0.717, 1.165) is 10.8 Å². The third-order valence-corrected chi connectivity index (χ3v) is 5.92. The number of nitrogens with zero attached hydrogens (tertiary/aromatic N) is 2. The third kappa shape index (κ3) is 5.18. The maximum atomic E-state index is 11.9. The van der Waals surface area contributed by atoms with Crippen LogP contribution < -0.4 is 11.4 Å². The lowest BCUT2D eigenvalue weighted by Gasteiger charge is -2.18. The summed E-state index contributed by atoms with van der Waals surface area (Å²) in [7, 11) is -10.5. The zero-order valence-corrected chi connectivity index (χ0v) is 15.9. The summed E-state index contributed by atoms with van der Waals surface area (Å²) in [5, 5.41) is 20.0. The van der Waals surface area contributed by atoms with Gasteiger partial charge in [-0.3, -0.25) is 9.09 Å². The first kappa shape index (κ1) is 21.6. The highest BCUT2D eigenvalue weighted by molar-refractivity contribution is 9.10. The fraction of sp³-hybridized carbons (Fsp3) is 0.556. The molecule has 1 unspecified atom stereocenters. The fourth-order valence-corrected chi connectivity index (χ4v) is 3.97. The summed E-state index contributed by atoms with van der Waals surface area (Å²) >= 11 is 3.03. The van der Waals surface area contributed by atoms with Gasteiger partial charge >= 0.3 is 21.3 Å². The van der Waals surface area contributed by atoms with E-state index in [0.29, 0.717) is 0 Å². The minimum atomic E-state index is -5.31. The van der Waals surface area contributed by atoms with E-state index in [-0.39, 0.29) is 10.3 Å². The van der Waals surface area contributed by atoms with E-state index in [1.807, 2.05) is 0 Å². The normalized spacial score (nSPS) is 28.8. The minimum Gasteiger partial charge on any atom is -0.387 e. The van der Waals surface area contributed by atoms with Crippen LogP contribution in [0.5, 0.6) is 0 Å². The monoisotopic (exact) mass is 481 g/mol. The van der Waals surface area contributed by atoms with Gasteiger partial charge in [-0.25, -0.2) is 13.9 Å². The zero-order chi connectivity index (χ0) is 19.9. The highest BCUT2D eigenvalue weighted by Crippen LogP contribution is 2.57. The molecule has 2 heterocycles. The van der Waals surface area contributed by atoms with E-state index >= 15 is 0 Å². The number of nitrogen functional groups attached to an aromatic ring is 1. The van der Waals surface area contributed by atoms with Crippen molar-refractivity contribution in [3.63, 3.8) is 0 Å². The second-order valence-corrected chi connectivity index (χ2v) is 8.73. The predicted octanol–water partition coefficient (Wildman–Crippen LogP) is -1.57. The van der Waals surface area contributed by atoms with E-state index in [2.05, 4.69) is 29.7 Å². The number of rotatable bonds is 6. The van der Waals surface area contributed by atoms with Crippen molar-refractivity contribution in [2.75, 3.05) is 12.3 Å². The molecule has 148 valence electrons. The van der Waals surface area contributed by atoms with E-state index in [1.165, 1.54) is 0 Å². The number of hydrogen-bond donors (Lipinski definition) is 6. The largest absolute Gasteiger partial charge is 0.481 e. The molecule has 1 saturated heterocycles.